The molecule has 0 fully saturated rings. The van der Waals surface area contributed by atoms with Gasteiger partial charge in [-0.2, -0.15) is 0 Å². The second-order valence-corrected chi connectivity index (χ2v) is 16.5. The van der Waals surface area contributed by atoms with Crippen molar-refractivity contribution in [3.05, 3.63) is 190 Å². The summed E-state index contributed by atoms with van der Waals surface area (Å²) in [4.78, 5) is 2.71. The molecule has 0 saturated heterocycles. The molecular weight excluding hydrogens is 685 g/mol. The molecule has 1 atom stereocenters. The molecule has 0 spiro atoms. The summed E-state index contributed by atoms with van der Waals surface area (Å²) in [5.74, 6) is 0. The van der Waals surface area contributed by atoms with Gasteiger partial charge in [0.2, 0.25) is 0 Å². The van der Waals surface area contributed by atoms with Gasteiger partial charge in [-0.05, 0) is 130 Å². The summed E-state index contributed by atoms with van der Waals surface area (Å²) in [6, 6.07) is 47.6. The van der Waals surface area contributed by atoms with E-state index in [-0.39, 0.29) is 6.04 Å². The van der Waals surface area contributed by atoms with Crippen LogP contribution in [0.5, 0.6) is 0 Å². The van der Waals surface area contributed by atoms with Gasteiger partial charge >= 0.3 is 0 Å². The molecule has 2 aromatic heterocycles. The average molecular weight is 723 g/mol. The maximum atomic E-state index is 2.71. The third-order valence-corrected chi connectivity index (χ3v) is 13.6. The van der Waals surface area contributed by atoms with E-state index in [1.54, 1.807) is 0 Å². The first-order valence-electron chi connectivity index (χ1n) is 19.7. The number of rotatable bonds is 4. The first-order chi connectivity index (χ1) is 27.3. The first kappa shape index (κ1) is 31.2. The van der Waals surface area contributed by atoms with Gasteiger partial charge in [0.25, 0.3) is 0 Å². The van der Waals surface area contributed by atoms with Crippen LogP contribution in [0.15, 0.2) is 163 Å². The number of para-hydroxylation sites is 2. The zero-order chi connectivity index (χ0) is 36.0. The highest BCUT2D eigenvalue weighted by Gasteiger charge is 2.32. The number of thiophene rings is 1. The maximum absolute atomic E-state index is 2.71. The fraction of sp³-hybridized carbons (Fsp3) is 0.115. The Labute approximate surface area is 324 Å². The Kier molecular flexibility index (Phi) is 6.91. The number of aromatic nitrogens is 1. The monoisotopic (exact) mass is 722 g/mol. The Morgan fingerprint density at radius 2 is 1.47 bits per heavy atom. The molecule has 8 aromatic rings. The SMILES string of the molecule is C1=C2/C(=C\C=C/CC1N(C1=Cc3c(n(-c4ccccc4)c4ccccc34)CC1)c1ccc3sc4ccccc4c3c1)C1=c3c2c2ccccc2cc3=CCC1. The average Bonchev–Trinajstić information content (AvgIpc) is 3.87. The van der Waals surface area contributed by atoms with Crippen molar-refractivity contribution in [2.45, 2.75) is 38.1 Å². The molecule has 1 unspecified atom stereocenters. The molecule has 0 bridgehead atoms. The number of nitrogens with zero attached hydrogens (tertiary/aromatic N) is 2. The molecule has 12 rings (SSSR count). The highest BCUT2D eigenvalue weighted by atomic mass is 32.1. The van der Waals surface area contributed by atoms with Crippen LogP contribution in [0.3, 0.4) is 0 Å². The predicted molar refractivity (Wildman–Crippen MR) is 235 cm³/mol. The van der Waals surface area contributed by atoms with Gasteiger partial charge in [-0.15, -0.1) is 11.3 Å². The van der Waals surface area contributed by atoms with E-state index in [0.717, 1.165) is 32.1 Å². The van der Waals surface area contributed by atoms with Crippen LogP contribution in [0.4, 0.5) is 5.69 Å². The Bertz CT molecular complexity index is 3180. The lowest BCUT2D eigenvalue weighted by molar-refractivity contribution is 0.718. The molecule has 0 saturated carbocycles. The lowest BCUT2D eigenvalue weighted by atomic mass is 9.91. The fourth-order valence-corrected chi connectivity index (χ4v) is 11.2. The van der Waals surface area contributed by atoms with E-state index >= 15 is 0 Å². The van der Waals surface area contributed by atoms with E-state index in [4.69, 9.17) is 0 Å². The summed E-state index contributed by atoms with van der Waals surface area (Å²) in [5, 5.41) is 9.55. The minimum atomic E-state index is 0.118. The largest absolute Gasteiger partial charge is 0.338 e. The second-order valence-electron chi connectivity index (χ2n) is 15.4. The van der Waals surface area contributed by atoms with E-state index < -0.39 is 0 Å². The molecule has 4 aliphatic rings. The van der Waals surface area contributed by atoms with E-state index in [2.05, 4.69) is 173 Å². The second kappa shape index (κ2) is 12.2. The molecule has 0 amide bonds. The topological polar surface area (TPSA) is 8.17 Å². The number of hydrogen-bond acceptors (Lipinski definition) is 2. The van der Waals surface area contributed by atoms with Gasteiger partial charge in [0, 0.05) is 53.9 Å². The summed E-state index contributed by atoms with van der Waals surface area (Å²) in [7, 11) is 0. The number of hydrogen-bond donors (Lipinski definition) is 0. The predicted octanol–water partition coefficient (Wildman–Crippen LogP) is 12.0. The van der Waals surface area contributed by atoms with E-state index in [1.165, 1.54) is 103 Å². The molecule has 262 valence electrons. The van der Waals surface area contributed by atoms with Crippen LogP contribution in [-0.4, -0.2) is 10.6 Å². The summed E-state index contributed by atoms with van der Waals surface area (Å²) in [6.07, 6.45) is 19.8. The van der Waals surface area contributed by atoms with Gasteiger partial charge in [0.15, 0.2) is 0 Å². The van der Waals surface area contributed by atoms with Gasteiger partial charge in [-0.25, -0.2) is 0 Å². The van der Waals surface area contributed by atoms with Crippen molar-refractivity contribution < 1.29 is 0 Å². The van der Waals surface area contributed by atoms with Gasteiger partial charge in [0.1, 0.15) is 0 Å². The maximum Gasteiger partial charge on any atom is 0.0562 e. The van der Waals surface area contributed by atoms with Gasteiger partial charge in [-0.3, -0.25) is 0 Å². The number of anilines is 1. The Hall–Kier alpha value is -6.16. The standard InChI is InChI=1S/C52H38N2S/c1-2-15-35(16-3-1)54-47-23-10-8-20-41(47)44-30-37(25-27-48(44)54)53(38-26-28-50-45(31-38)42-21-9-11-24-49(42)55-50)36-17-5-7-19-40-43-22-12-14-34-29-33-13-4-6-18-39(33)52(51(34)43)46(40)32-36/h1-11,13-16,18-21,23-24,26,28-32,36H,12,17,22,25,27H2/b7-5-,40-19-,46-32?. The normalized spacial score (nSPS) is 18.8. The third-order valence-electron chi connectivity index (χ3n) is 12.4. The summed E-state index contributed by atoms with van der Waals surface area (Å²) in [5.41, 5.74) is 13.6. The number of benzene rings is 6. The van der Waals surface area contributed by atoms with Crippen LogP contribution in [0.2, 0.25) is 0 Å². The van der Waals surface area contributed by atoms with E-state index in [0.29, 0.717) is 0 Å². The minimum absolute atomic E-state index is 0.118. The molecule has 55 heavy (non-hydrogen) atoms. The Morgan fingerprint density at radius 1 is 0.673 bits per heavy atom. The van der Waals surface area contributed by atoms with Crippen molar-refractivity contribution in [1.82, 2.24) is 4.57 Å². The molecule has 2 nitrogen and oxygen atoms in total. The third kappa shape index (κ3) is 4.73. The van der Waals surface area contributed by atoms with Crippen molar-refractivity contribution in [3.63, 3.8) is 0 Å². The van der Waals surface area contributed by atoms with E-state index in [9.17, 15) is 0 Å². The number of allylic oxidation sites excluding steroid dienone is 5. The molecule has 4 aliphatic carbocycles. The fourth-order valence-electron chi connectivity index (χ4n) is 10.1. The molecular formula is C52H38N2S. The van der Waals surface area contributed by atoms with Crippen molar-refractivity contribution >= 4 is 82.2 Å². The van der Waals surface area contributed by atoms with Crippen LogP contribution in [0.1, 0.15) is 42.5 Å². The van der Waals surface area contributed by atoms with Crippen LogP contribution >= 0.6 is 11.3 Å². The molecule has 2 heterocycles. The quantitative estimate of drug-likeness (QED) is 0.176. The van der Waals surface area contributed by atoms with Crippen molar-refractivity contribution in [3.8, 4) is 5.69 Å². The van der Waals surface area contributed by atoms with Crippen LogP contribution in [0, 0.1) is 0 Å². The highest BCUT2D eigenvalue weighted by molar-refractivity contribution is 7.25. The zero-order valence-electron chi connectivity index (χ0n) is 30.5. The Balaban J connectivity index is 1.10. The van der Waals surface area contributed by atoms with Gasteiger partial charge in [-0.1, -0.05) is 109 Å². The van der Waals surface area contributed by atoms with Crippen molar-refractivity contribution in [2.75, 3.05) is 4.90 Å². The molecule has 0 N–H and O–H groups in total. The summed E-state index contributed by atoms with van der Waals surface area (Å²) < 4.78 is 5.18. The lowest BCUT2D eigenvalue weighted by Crippen LogP contribution is -2.34. The highest BCUT2D eigenvalue weighted by Crippen LogP contribution is 2.44. The van der Waals surface area contributed by atoms with Gasteiger partial charge < -0.3 is 9.47 Å². The summed E-state index contributed by atoms with van der Waals surface area (Å²) >= 11 is 1.90. The van der Waals surface area contributed by atoms with Crippen LogP contribution in [-0.2, 0) is 6.42 Å². The molecule has 0 radical (unpaired) electrons. The molecule has 6 aromatic carbocycles. The number of fused-ring (bicyclic) bond motifs is 11. The smallest absolute Gasteiger partial charge is 0.0562 e. The molecule has 0 aliphatic heterocycles. The van der Waals surface area contributed by atoms with Gasteiger partial charge in [0.05, 0.1) is 11.6 Å². The molecule has 3 heteroatoms. The van der Waals surface area contributed by atoms with Crippen LogP contribution in [0.25, 0.3) is 70.8 Å². The van der Waals surface area contributed by atoms with E-state index in [1.807, 2.05) is 11.3 Å². The van der Waals surface area contributed by atoms with Crippen molar-refractivity contribution in [1.29, 1.82) is 0 Å². The van der Waals surface area contributed by atoms with Crippen LogP contribution < -0.4 is 15.3 Å². The zero-order valence-corrected chi connectivity index (χ0v) is 31.3. The minimum Gasteiger partial charge on any atom is -0.338 e. The first-order valence-corrected chi connectivity index (χ1v) is 20.5. The Morgan fingerprint density at radius 3 is 2.40 bits per heavy atom. The van der Waals surface area contributed by atoms with Crippen molar-refractivity contribution in [2.24, 2.45) is 0 Å². The summed E-state index contributed by atoms with van der Waals surface area (Å²) in [6.45, 7) is 0. The lowest BCUT2D eigenvalue weighted by Gasteiger charge is -2.36.